The van der Waals surface area contributed by atoms with E-state index in [0.717, 1.165) is 30.5 Å². The van der Waals surface area contributed by atoms with Crippen molar-refractivity contribution in [2.24, 2.45) is 0 Å². The molecule has 1 aliphatic rings. The standard InChI is InChI=1S/C25H25N7O3/c1-34-25(33)29-19-11-7-16(8-12-19)13-14-26-24-27-15-20(23-32-31-22(35-23)17-9-10-17)21(30-24)28-18-5-3-2-4-6-18/h2-8,11-12,15,17H,9-10,13-14H2,1H3,(H,29,33)(H2,26,27,28,30). The van der Waals surface area contributed by atoms with Gasteiger partial charge in [0.2, 0.25) is 11.8 Å². The van der Waals surface area contributed by atoms with Crippen molar-refractivity contribution < 1.29 is 13.9 Å². The number of nitrogens with one attached hydrogen (secondary N) is 3. The zero-order valence-corrected chi connectivity index (χ0v) is 19.2. The molecular formula is C25H25N7O3. The monoisotopic (exact) mass is 471 g/mol. The van der Waals surface area contributed by atoms with E-state index in [1.165, 1.54) is 7.11 Å². The molecule has 178 valence electrons. The minimum absolute atomic E-state index is 0.369. The smallest absolute Gasteiger partial charge is 0.411 e. The maximum absolute atomic E-state index is 11.3. The molecule has 35 heavy (non-hydrogen) atoms. The molecule has 1 saturated carbocycles. The molecule has 10 nitrogen and oxygen atoms in total. The van der Waals surface area contributed by atoms with Gasteiger partial charge < -0.3 is 19.8 Å². The summed E-state index contributed by atoms with van der Waals surface area (Å²) in [6, 6.07) is 17.3. The van der Waals surface area contributed by atoms with Gasteiger partial charge in [-0.25, -0.2) is 9.78 Å². The van der Waals surface area contributed by atoms with E-state index >= 15 is 0 Å². The van der Waals surface area contributed by atoms with E-state index in [0.29, 0.717) is 47.3 Å². The highest BCUT2D eigenvalue weighted by molar-refractivity contribution is 5.84. The van der Waals surface area contributed by atoms with Crippen molar-refractivity contribution in [1.82, 2.24) is 20.2 Å². The number of anilines is 4. The number of para-hydroxylation sites is 1. The lowest BCUT2D eigenvalue weighted by Crippen LogP contribution is -2.11. The average Bonchev–Trinajstić information content (AvgIpc) is 3.62. The zero-order valence-electron chi connectivity index (χ0n) is 19.2. The highest BCUT2D eigenvalue weighted by Gasteiger charge is 2.30. The predicted molar refractivity (Wildman–Crippen MR) is 132 cm³/mol. The summed E-state index contributed by atoms with van der Waals surface area (Å²) >= 11 is 0. The number of hydrogen-bond donors (Lipinski definition) is 3. The maximum atomic E-state index is 11.3. The van der Waals surface area contributed by atoms with Crippen LogP contribution in [0.5, 0.6) is 0 Å². The number of methoxy groups -OCH3 is 1. The van der Waals surface area contributed by atoms with Crippen molar-refractivity contribution in [1.29, 1.82) is 0 Å². The van der Waals surface area contributed by atoms with E-state index in [1.54, 1.807) is 6.20 Å². The fourth-order valence-electron chi connectivity index (χ4n) is 3.46. The molecule has 4 aromatic rings. The number of benzene rings is 2. The van der Waals surface area contributed by atoms with Crippen LogP contribution >= 0.6 is 0 Å². The molecule has 0 bridgehead atoms. The summed E-state index contributed by atoms with van der Waals surface area (Å²) in [6.45, 7) is 0.625. The van der Waals surface area contributed by atoms with Crippen LogP contribution in [0.1, 0.15) is 30.2 Å². The van der Waals surface area contributed by atoms with Gasteiger partial charge in [0.25, 0.3) is 5.89 Å². The van der Waals surface area contributed by atoms with Crippen molar-refractivity contribution in [3.05, 3.63) is 72.2 Å². The molecule has 10 heteroatoms. The summed E-state index contributed by atoms with van der Waals surface area (Å²) in [6.07, 6.45) is 4.11. The molecule has 0 saturated heterocycles. The third-order valence-electron chi connectivity index (χ3n) is 5.51. The summed E-state index contributed by atoms with van der Waals surface area (Å²) in [5, 5.41) is 17.7. The van der Waals surface area contributed by atoms with E-state index < -0.39 is 6.09 Å². The van der Waals surface area contributed by atoms with Gasteiger partial charge in [-0.05, 0) is 49.1 Å². The Labute approximate surface area is 202 Å². The molecule has 2 heterocycles. The molecule has 3 N–H and O–H groups in total. The van der Waals surface area contributed by atoms with Gasteiger partial charge in [-0.3, -0.25) is 5.32 Å². The maximum Gasteiger partial charge on any atom is 0.411 e. The van der Waals surface area contributed by atoms with E-state index in [9.17, 15) is 4.79 Å². The van der Waals surface area contributed by atoms with Crippen LogP contribution in [0.25, 0.3) is 11.5 Å². The molecule has 5 rings (SSSR count). The zero-order chi connectivity index (χ0) is 24.0. The summed E-state index contributed by atoms with van der Waals surface area (Å²) < 4.78 is 10.5. The quantitative estimate of drug-likeness (QED) is 0.310. The first kappa shape index (κ1) is 22.3. The van der Waals surface area contributed by atoms with Crippen molar-refractivity contribution in [3.63, 3.8) is 0 Å². The summed E-state index contributed by atoms with van der Waals surface area (Å²) in [4.78, 5) is 20.5. The first-order valence-corrected chi connectivity index (χ1v) is 11.4. The van der Waals surface area contributed by atoms with Gasteiger partial charge in [-0.1, -0.05) is 30.3 Å². The highest BCUT2D eigenvalue weighted by Crippen LogP contribution is 2.40. The van der Waals surface area contributed by atoms with Crippen molar-refractivity contribution in [3.8, 4) is 11.5 Å². The van der Waals surface area contributed by atoms with Crippen LogP contribution in [0.2, 0.25) is 0 Å². The Balaban J connectivity index is 1.28. The number of rotatable bonds is 9. The van der Waals surface area contributed by atoms with Gasteiger partial charge in [0.05, 0.1) is 7.11 Å². The van der Waals surface area contributed by atoms with E-state index in [1.807, 2.05) is 54.6 Å². The number of carbonyl (C=O) groups is 1. The fourth-order valence-corrected chi connectivity index (χ4v) is 3.46. The summed E-state index contributed by atoms with van der Waals surface area (Å²) in [5.74, 6) is 2.50. The molecule has 1 aliphatic carbocycles. The largest absolute Gasteiger partial charge is 0.453 e. The van der Waals surface area contributed by atoms with E-state index in [2.05, 4.69) is 40.9 Å². The first-order valence-electron chi connectivity index (χ1n) is 11.4. The van der Waals surface area contributed by atoms with Gasteiger partial charge >= 0.3 is 6.09 Å². The molecule has 2 aromatic carbocycles. The minimum atomic E-state index is -0.496. The van der Waals surface area contributed by atoms with Crippen LogP contribution < -0.4 is 16.0 Å². The Hall–Kier alpha value is -4.47. The average molecular weight is 472 g/mol. The number of amides is 1. The Morgan fingerprint density at radius 2 is 1.86 bits per heavy atom. The highest BCUT2D eigenvalue weighted by atomic mass is 16.5. The lowest BCUT2D eigenvalue weighted by molar-refractivity contribution is 0.187. The number of nitrogens with zero attached hydrogens (tertiary/aromatic N) is 4. The van der Waals surface area contributed by atoms with Crippen molar-refractivity contribution >= 4 is 29.2 Å². The third kappa shape index (κ3) is 5.72. The molecule has 1 fully saturated rings. The molecule has 0 unspecified atom stereocenters. The number of carbonyl (C=O) groups excluding carboxylic acids is 1. The second kappa shape index (κ2) is 10.2. The van der Waals surface area contributed by atoms with Gasteiger partial charge in [0.15, 0.2) is 0 Å². The van der Waals surface area contributed by atoms with Crippen molar-refractivity contribution in [2.75, 3.05) is 29.6 Å². The van der Waals surface area contributed by atoms with Crippen LogP contribution in [0, 0.1) is 0 Å². The van der Waals surface area contributed by atoms with Crippen LogP contribution in [0.4, 0.5) is 27.9 Å². The van der Waals surface area contributed by atoms with Crippen LogP contribution in [-0.2, 0) is 11.2 Å². The van der Waals surface area contributed by atoms with Crippen LogP contribution in [0.15, 0.2) is 65.2 Å². The normalized spacial score (nSPS) is 12.7. The van der Waals surface area contributed by atoms with Crippen LogP contribution in [0.3, 0.4) is 0 Å². The van der Waals surface area contributed by atoms with Gasteiger partial charge in [0.1, 0.15) is 11.4 Å². The van der Waals surface area contributed by atoms with Gasteiger partial charge in [-0.2, -0.15) is 4.98 Å². The Morgan fingerprint density at radius 1 is 1.06 bits per heavy atom. The molecule has 0 atom stereocenters. The lowest BCUT2D eigenvalue weighted by Gasteiger charge is -2.11. The van der Waals surface area contributed by atoms with Gasteiger partial charge in [0, 0.05) is 30.0 Å². The lowest BCUT2D eigenvalue weighted by atomic mass is 10.1. The second-order valence-corrected chi connectivity index (χ2v) is 8.16. The Kier molecular flexibility index (Phi) is 6.51. The Morgan fingerprint density at radius 3 is 2.60 bits per heavy atom. The second-order valence-electron chi connectivity index (χ2n) is 8.16. The van der Waals surface area contributed by atoms with Gasteiger partial charge in [-0.15, -0.1) is 10.2 Å². The van der Waals surface area contributed by atoms with E-state index in [4.69, 9.17) is 4.42 Å². The molecule has 0 radical (unpaired) electrons. The number of aromatic nitrogens is 4. The molecular weight excluding hydrogens is 446 g/mol. The molecule has 2 aromatic heterocycles. The predicted octanol–water partition coefficient (Wildman–Crippen LogP) is 4.98. The summed E-state index contributed by atoms with van der Waals surface area (Å²) in [5.41, 5.74) is 3.31. The summed E-state index contributed by atoms with van der Waals surface area (Å²) in [7, 11) is 1.33. The molecule has 0 aliphatic heterocycles. The van der Waals surface area contributed by atoms with E-state index in [-0.39, 0.29) is 0 Å². The van der Waals surface area contributed by atoms with Crippen molar-refractivity contribution in [2.45, 2.75) is 25.2 Å². The molecule has 1 amide bonds. The Bertz CT molecular complexity index is 1290. The SMILES string of the molecule is COC(=O)Nc1ccc(CCNc2ncc(-c3nnc(C4CC4)o3)c(Nc3ccccc3)n2)cc1. The molecule has 0 spiro atoms. The third-order valence-corrected chi connectivity index (χ3v) is 5.51. The number of ether oxygens (including phenoxy) is 1. The van der Waals surface area contributed by atoms with Crippen LogP contribution in [-0.4, -0.2) is 39.9 Å². The topological polar surface area (TPSA) is 127 Å². The first-order chi connectivity index (χ1) is 17.2. The fraction of sp³-hybridized carbons (Fsp3) is 0.240. The number of hydrogen-bond acceptors (Lipinski definition) is 9. The minimum Gasteiger partial charge on any atom is -0.453 e.